The van der Waals surface area contributed by atoms with Crippen LogP contribution in [0, 0.1) is 13.8 Å². The van der Waals surface area contributed by atoms with Crippen LogP contribution in [0.15, 0.2) is 17.5 Å². The molecule has 0 radical (unpaired) electrons. The summed E-state index contributed by atoms with van der Waals surface area (Å²) in [5.41, 5.74) is 3.53. The summed E-state index contributed by atoms with van der Waals surface area (Å²) in [5.74, 6) is 0. The molecule has 1 N–H and O–H groups in total. The van der Waals surface area contributed by atoms with Gasteiger partial charge < -0.3 is 5.11 Å². The summed E-state index contributed by atoms with van der Waals surface area (Å²) in [4.78, 5) is 0. The monoisotopic (exact) mass is 192 g/mol. The zero-order valence-corrected chi connectivity index (χ0v) is 8.61. The Bertz CT molecular complexity index is 443. The van der Waals surface area contributed by atoms with Crippen molar-refractivity contribution in [1.29, 1.82) is 0 Å². The van der Waals surface area contributed by atoms with Gasteiger partial charge in [-0.1, -0.05) is 6.07 Å². The predicted octanol–water partition coefficient (Wildman–Crippen LogP) is 3.01. The Labute approximate surface area is 81.6 Å². The molecular formula is C11H12OS. The number of rotatable bonds is 1. The van der Waals surface area contributed by atoms with Gasteiger partial charge in [-0.2, -0.15) is 0 Å². The van der Waals surface area contributed by atoms with Crippen molar-refractivity contribution in [3.8, 4) is 0 Å². The average molecular weight is 192 g/mol. The molecule has 0 fully saturated rings. The maximum atomic E-state index is 9.26. The second kappa shape index (κ2) is 3.13. The first kappa shape index (κ1) is 8.73. The maximum absolute atomic E-state index is 9.26. The van der Waals surface area contributed by atoms with Crippen LogP contribution in [-0.2, 0) is 6.61 Å². The van der Waals surface area contributed by atoms with Crippen LogP contribution in [0.5, 0.6) is 0 Å². The Morgan fingerprint density at radius 2 is 2.00 bits per heavy atom. The van der Waals surface area contributed by atoms with Gasteiger partial charge in [0.05, 0.1) is 6.61 Å². The number of hydrogen-bond acceptors (Lipinski definition) is 2. The zero-order valence-electron chi connectivity index (χ0n) is 7.79. The van der Waals surface area contributed by atoms with E-state index in [2.05, 4.69) is 24.4 Å². The summed E-state index contributed by atoms with van der Waals surface area (Å²) in [6.45, 7) is 4.28. The molecule has 13 heavy (non-hydrogen) atoms. The summed E-state index contributed by atoms with van der Waals surface area (Å²) in [5, 5.41) is 12.6. The van der Waals surface area contributed by atoms with Gasteiger partial charge in [-0.3, -0.25) is 0 Å². The summed E-state index contributed by atoms with van der Waals surface area (Å²) < 4.78 is 1.27. The molecule has 0 bridgehead atoms. The van der Waals surface area contributed by atoms with Crippen LogP contribution in [0.1, 0.15) is 16.7 Å². The SMILES string of the molecule is Cc1ccc2scc(C)c2c1CO. The number of benzene rings is 1. The largest absolute Gasteiger partial charge is 0.392 e. The molecule has 0 atom stereocenters. The normalized spacial score (nSPS) is 11.0. The van der Waals surface area contributed by atoms with Crippen LogP contribution in [0.25, 0.3) is 10.1 Å². The highest BCUT2D eigenvalue weighted by Crippen LogP contribution is 2.30. The van der Waals surface area contributed by atoms with Crippen molar-refractivity contribution >= 4 is 21.4 Å². The molecule has 1 heterocycles. The van der Waals surface area contributed by atoms with Gasteiger partial charge in [0.25, 0.3) is 0 Å². The molecule has 0 saturated carbocycles. The molecule has 1 nitrogen and oxygen atoms in total. The van der Waals surface area contributed by atoms with Crippen molar-refractivity contribution in [2.24, 2.45) is 0 Å². The van der Waals surface area contributed by atoms with Crippen molar-refractivity contribution in [3.05, 3.63) is 34.2 Å². The summed E-state index contributed by atoms with van der Waals surface area (Å²) >= 11 is 1.74. The van der Waals surface area contributed by atoms with E-state index >= 15 is 0 Å². The lowest BCUT2D eigenvalue weighted by Crippen LogP contribution is -1.89. The van der Waals surface area contributed by atoms with Crippen molar-refractivity contribution < 1.29 is 5.11 Å². The third-order valence-electron chi connectivity index (χ3n) is 2.42. The number of fused-ring (bicyclic) bond motifs is 1. The van der Waals surface area contributed by atoms with Crippen LogP contribution < -0.4 is 0 Å². The smallest absolute Gasteiger partial charge is 0.0690 e. The predicted molar refractivity (Wildman–Crippen MR) is 57.2 cm³/mol. The highest BCUT2D eigenvalue weighted by Gasteiger charge is 2.07. The molecule has 2 rings (SSSR count). The lowest BCUT2D eigenvalue weighted by atomic mass is 10.0. The first-order chi connectivity index (χ1) is 6.24. The average Bonchev–Trinajstić information content (AvgIpc) is 2.49. The van der Waals surface area contributed by atoms with E-state index in [1.807, 2.05) is 6.92 Å². The van der Waals surface area contributed by atoms with E-state index in [1.165, 1.54) is 21.2 Å². The Kier molecular flexibility index (Phi) is 2.10. The number of thiophene rings is 1. The molecule has 1 aromatic heterocycles. The van der Waals surface area contributed by atoms with Gasteiger partial charge in [0, 0.05) is 10.1 Å². The first-order valence-corrected chi connectivity index (χ1v) is 5.19. The molecule has 0 saturated heterocycles. The number of aliphatic hydroxyl groups excluding tert-OH is 1. The fourth-order valence-electron chi connectivity index (χ4n) is 1.68. The van der Waals surface area contributed by atoms with Gasteiger partial charge in [0.2, 0.25) is 0 Å². The second-order valence-corrected chi connectivity index (χ2v) is 4.22. The fraction of sp³-hybridized carbons (Fsp3) is 0.273. The quantitative estimate of drug-likeness (QED) is 0.736. The highest BCUT2D eigenvalue weighted by atomic mass is 32.1. The molecule has 1 aromatic carbocycles. The summed E-state index contributed by atoms with van der Waals surface area (Å²) in [6, 6.07) is 4.20. The fourth-order valence-corrected chi connectivity index (χ4v) is 2.65. The third-order valence-corrected chi connectivity index (χ3v) is 3.49. The Morgan fingerprint density at radius 1 is 1.23 bits per heavy atom. The van der Waals surface area contributed by atoms with Crippen LogP contribution in [0.2, 0.25) is 0 Å². The second-order valence-electron chi connectivity index (χ2n) is 3.31. The Morgan fingerprint density at radius 3 is 2.69 bits per heavy atom. The summed E-state index contributed by atoms with van der Waals surface area (Å²) in [7, 11) is 0. The van der Waals surface area contributed by atoms with Gasteiger partial charge in [-0.05, 0) is 42.0 Å². The standard InChI is InChI=1S/C11H12OS/c1-7-3-4-10-11(9(7)5-12)8(2)6-13-10/h3-4,6,12H,5H2,1-2H3. The van der Waals surface area contributed by atoms with E-state index in [1.54, 1.807) is 11.3 Å². The van der Waals surface area contributed by atoms with Gasteiger partial charge in [0.15, 0.2) is 0 Å². The van der Waals surface area contributed by atoms with Crippen LogP contribution in [-0.4, -0.2) is 5.11 Å². The van der Waals surface area contributed by atoms with Crippen LogP contribution >= 0.6 is 11.3 Å². The van der Waals surface area contributed by atoms with E-state index in [0.717, 1.165) is 5.56 Å². The maximum Gasteiger partial charge on any atom is 0.0690 e. The first-order valence-electron chi connectivity index (χ1n) is 4.31. The van der Waals surface area contributed by atoms with Crippen molar-refractivity contribution in [2.75, 3.05) is 0 Å². The van der Waals surface area contributed by atoms with E-state index in [0.29, 0.717) is 0 Å². The molecule has 0 spiro atoms. The minimum Gasteiger partial charge on any atom is -0.392 e. The lowest BCUT2D eigenvalue weighted by molar-refractivity contribution is 0.282. The van der Waals surface area contributed by atoms with Gasteiger partial charge >= 0.3 is 0 Å². The molecule has 0 aliphatic heterocycles. The van der Waals surface area contributed by atoms with E-state index in [-0.39, 0.29) is 6.61 Å². The number of aryl methyl sites for hydroxylation is 2. The van der Waals surface area contributed by atoms with Gasteiger partial charge in [-0.15, -0.1) is 11.3 Å². The van der Waals surface area contributed by atoms with E-state index < -0.39 is 0 Å². The zero-order chi connectivity index (χ0) is 9.42. The molecule has 0 aliphatic carbocycles. The Balaban J connectivity index is 2.88. The number of aliphatic hydroxyl groups is 1. The highest BCUT2D eigenvalue weighted by molar-refractivity contribution is 7.17. The summed E-state index contributed by atoms with van der Waals surface area (Å²) in [6.07, 6.45) is 0. The van der Waals surface area contributed by atoms with Gasteiger partial charge in [0.1, 0.15) is 0 Å². The van der Waals surface area contributed by atoms with Crippen LogP contribution in [0.3, 0.4) is 0 Å². The molecular weight excluding hydrogens is 180 g/mol. The van der Waals surface area contributed by atoms with Gasteiger partial charge in [-0.25, -0.2) is 0 Å². The molecule has 0 amide bonds. The van der Waals surface area contributed by atoms with Crippen molar-refractivity contribution in [3.63, 3.8) is 0 Å². The number of hydrogen-bond donors (Lipinski definition) is 1. The molecule has 68 valence electrons. The van der Waals surface area contributed by atoms with Crippen molar-refractivity contribution in [1.82, 2.24) is 0 Å². The van der Waals surface area contributed by atoms with E-state index in [4.69, 9.17) is 0 Å². The molecule has 0 unspecified atom stereocenters. The molecule has 0 aliphatic rings. The lowest BCUT2D eigenvalue weighted by Gasteiger charge is -2.04. The minimum absolute atomic E-state index is 0.140. The Hall–Kier alpha value is -0.860. The van der Waals surface area contributed by atoms with E-state index in [9.17, 15) is 5.11 Å². The third kappa shape index (κ3) is 1.26. The van der Waals surface area contributed by atoms with Crippen molar-refractivity contribution in [2.45, 2.75) is 20.5 Å². The minimum atomic E-state index is 0.140. The van der Waals surface area contributed by atoms with Crippen LogP contribution in [0.4, 0.5) is 0 Å². The molecule has 2 heteroatoms. The topological polar surface area (TPSA) is 20.2 Å². The molecule has 2 aromatic rings.